The molecule has 1 atom stereocenters. The van der Waals surface area contributed by atoms with Crippen LogP contribution < -0.4 is 4.74 Å². The third-order valence-electron chi connectivity index (χ3n) is 2.89. The van der Waals surface area contributed by atoms with Crippen LogP contribution in [0, 0.1) is 9.65 Å². The van der Waals surface area contributed by atoms with Crippen LogP contribution in [0.2, 0.25) is 0 Å². The average molecular weight is 359 g/mol. The second-order valence-corrected chi connectivity index (χ2v) is 5.13. The Labute approximate surface area is 117 Å². The second-order valence-electron chi connectivity index (χ2n) is 4.16. The number of fused-ring (bicyclic) bond motifs is 1. The molecule has 0 spiro atoms. The molecule has 0 bridgehead atoms. The minimum Gasteiger partial charge on any atom is -0.482 e. The SMILES string of the molecule is Fc1ccc(O[C@H]2CCCn3nc(I)nc32)cc1. The molecule has 0 saturated heterocycles. The number of aryl methyl sites for hydroxylation is 1. The zero-order valence-corrected chi connectivity index (χ0v) is 11.7. The van der Waals surface area contributed by atoms with Crippen LogP contribution in [0.5, 0.6) is 5.75 Å². The molecule has 2 aromatic rings. The van der Waals surface area contributed by atoms with Crippen molar-refractivity contribution in [2.75, 3.05) is 0 Å². The lowest BCUT2D eigenvalue weighted by Gasteiger charge is -2.23. The van der Waals surface area contributed by atoms with Crippen molar-refractivity contribution in [3.63, 3.8) is 0 Å². The van der Waals surface area contributed by atoms with E-state index in [0.717, 1.165) is 29.0 Å². The van der Waals surface area contributed by atoms with E-state index in [0.29, 0.717) is 5.75 Å². The first kappa shape index (κ1) is 11.9. The van der Waals surface area contributed by atoms with Gasteiger partial charge < -0.3 is 4.74 Å². The van der Waals surface area contributed by atoms with Crippen LogP contribution in [0.4, 0.5) is 4.39 Å². The average Bonchev–Trinajstić information content (AvgIpc) is 2.73. The first-order chi connectivity index (χ1) is 8.72. The van der Waals surface area contributed by atoms with Gasteiger partial charge in [0.1, 0.15) is 11.6 Å². The Hall–Kier alpha value is -1.18. The molecule has 94 valence electrons. The van der Waals surface area contributed by atoms with Gasteiger partial charge in [-0.25, -0.2) is 14.1 Å². The quantitative estimate of drug-likeness (QED) is 0.775. The molecule has 0 N–H and O–H groups in total. The number of hydrogen-bond donors (Lipinski definition) is 0. The molecule has 1 aromatic carbocycles. The standard InChI is InChI=1S/C12H11FIN3O/c13-8-3-5-9(6-4-8)18-10-2-1-7-17-11(10)15-12(14)16-17/h3-6,10H,1-2,7H2/t10-/m0/s1. The van der Waals surface area contributed by atoms with Crippen molar-refractivity contribution in [2.45, 2.75) is 25.5 Å². The molecule has 6 heteroatoms. The summed E-state index contributed by atoms with van der Waals surface area (Å²) in [5.74, 6) is 1.26. The van der Waals surface area contributed by atoms with Gasteiger partial charge in [-0.15, -0.1) is 5.10 Å². The number of hydrogen-bond acceptors (Lipinski definition) is 3. The van der Waals surface area contributed by atoms with E-state index in [-0.39, 0.29) is 11.9 Å². The van der Waals surface area contributed by atoms with E-state index >= 15 is 0 Å². The van der Waals surface area contributed by atoms with E-state index in [1.807, 2.05) is 4.68 Å². The Bertz CT molecular complexity index is 555. The van der Waals surface area contributed by atoms with Crippen molar-refractivity contribution in [3.05, 3.63) is 39.7 Å². The number of aromatic nitrogens is 3. The van der Waals surface area contributed by atoms with Gasteiger partial charge in [0.2, 0.25) is 3.83 Å². The summed E-state index contributed by atoms with van der Waals surface area (Å²) in [6.07, 6.45) is 1.82. The number of halogens is 2. The second kappa shape index (κ2) is 4.83. The van der Waals surface area contributed by atoms with Crippen LogP contribution in [0.3, 0.4) is 0 Å². The van der Waals surface area contributed by atoms with E-state index in [1.54, 1.807) is 12.1 Å². The largest absolute Gasteiger partial charge is 0.482 e. The lowest BCUT2D eigenvalue weighted by atomic mass is 10.1. The molecule has 1 aliphatic rings. The Balaban J connectivity index is 1.83. The number of nitrogens with zero attached hydrogens (tertiary/aromatic N) is 3. The van der Waals surface area contributed by atoms with Crippen molar-refractivity contribution >= 4 is 22.6 Å². The minimum atomic E-state index is -0.260. The lowest BCUT2D eigenvalue weighted by Crippen LogP contribution is -2.21. The fourth-order valence-electron chi connectivity index (χ4n) is 2.07. The Morgan fingerprint density at radius 1 is 1.33 bits per heavy atom. The summed E-state index contributed by atoms with van der Waals surface area (Å²) >= 11 is 2.10. The molecular formula is C12H11FIN3O. The molecule has 0 saturated carbocycles. The maximum atomic E-state index is 12.8. The molecule has 0 radical (unpaired) electrons. The molecule has 2 heterocycles. The third kappa shape index (κ3) is 2.33. The van der Waals surface area contributed by atoms with Crippen molar-refractivity contribution in [1.29, 1.82) is 0 Å². The Kier molecular flexibility index (Phi) is 3.19. The summed E-state index contributed by atoms with van der Waals surface area (Å²) in [4.78, 5) is 4.39. The maximum absolute atomic E-state index is 12.8. The van der Waals surface area contributed by atoms with Gasteiger partial charge in [0, 0.05) is 29.1 Å². The van der Waals surface area contributed by atoms with E-state index in [2.05, 4.69) is 32.7 Å². The predicted octanol–water partition coefficient (Wildman–Crippen LogP) is 2.94. The molecule has 3 rings (SSSR count). The highest BCUT2D eigenvalue weighted by Gasteiger charge is 2.25. The molecule has 0 amide bonds. The third-order valence-corrected chi connectivity index (χ3v) is 3.35. The van der Waals surface area contributed by atoms with Crippen LogP contribution in [-0.4, -0.2) is 14.8 Å². The van der Waals surface area contributed by atoms with Crippen LogP contribution in [0.15, 0.2) is 24.3 Å². The Morgan fingerprint density at radius 3 is 2.89 bits per heavy atom. The summed E-state index contributed by atoms with van der Waals surface area (Å²) in [5, 5.41) is 4.31. The van der Waals surface area contributed by atoms with E-state index in [4.69, 9.17) is 4.74 Å². The van der Waals surface area contributed by atoms with Gasteiger partial charge in [-0.1, -0.05) is 0 Å². The van der Waals surface area contributed by atoms with Crippen molar-refractivity contribution in [3.8, 4) is 5.75 Å². The highest BCUT2D eigenvalue weighted by atomic mass is 127. The normalized spacial score (nSPS) is 18.4. The zero-order valence-electron chi connectivity index (χ0n) is 9.51. The van der Waals surface area contributed by atoms with E-state index < -0.39 is 0 Å². The summed E-state index contributed by atoms with van der Waals surface area (Å²) in [7, 11) is 0. The first-order valence-electron chi connectivity index (χ1n) is 5.75. The van der Waals surface area contributed by atoms with Gasteiger partial charge >= 0.3 is 0 Å². The molecule has 0 aliphatic carbocycles. The maximum Gasteiger partial charge on any atom is 0.211 e. The fraction of sp³-hybridized carbons (Fsp3) is 0.333. The van der Waals surface area contributed by atoms with Gasteiger partial charge in [-0.05, 0) is 37.1 Å². The van der Waals surface area contributed by atoms with E-state index in [1.165, 1.54) is 12.1 Å². The molecule has 18 heavy (non-hydrogen) atoms. The zero-order chi connectivity index (χ0) is 12.5. The van der Waals surface area contributed by atoms with Gasteiger partial charge in [0.05, 0.1) is 0 Å². The Morgan fingerprint density at radius 2 is 2.11 bits per heavy atom. The number of ether oxygens (including phenoxy) is 1. The lowest BCUT2D eigenvalue weighted by molar-refractivity contribution is 0.155. The van der Waals surface area contributed by atoms with Gasteiger partial charge in [-0.2, -0.15) is 0 Å². The van der Waals surface area contributed by atoms with Gasteiger partial charge in [0.25, 0.3) is 0 Å². The van der Waals surface area contributed by atoms with Crippen molar-refractivity contribution < 1.29 is 9.13 Å². The highest BCUT2D eigenvalue weighted by Crippen LogP contribution is 2.29. The summed E-state index contributed by atoms with van der Waals surface area (Å²) < 4.78 is 21.3. The van der Waals surface area contributed by atoms with E-state index in [9.17, 15) is 4.39 Å². The van der Waals surface area contributed by atoms with Crippen LogP contribution >= 0.6 is 22.6 Å². The van der Waals surface area contributed by atoms with Crippen LogP contribution in [-0.2, 0) is 6.54 Å². The van der Waals surface area contributed by atoms with Crippen molar-refractivity contribution in [2.24, 2.45) is 0 Å². The smallest absolute Gasteiger partial charge is 0.211 e. The summed E-state index contributed by atoms with van der Waals surface area (Å²) in [5.41, 5.74) is 0. The monoisotopic (exact) mass is 359 g/mol. The van der Waals surface area contributed by atoms with Gasteiger partial charge in [-0.3, -0.25) is 0 Å². The molecule has 1 aromatic heterocycles. The number of benzene rings is 1. The minimum absolute atomic E-state index is 0.0970. The predicted molar refractivity (Wildman–Crippen MR) is 71.7 cm³/mol. The fourth-order valence-corrected chi connectivity index (χ4v) is 2.58. The molecule has 0 unspecified atom stereocenters. The van der Waals surface area contributed by atoms with Crippen molar-refractivity contribution in [1.82, 2.24) is 14.8 Å². The molecule has 4 nitrogen and oxygen atoms in total. The summed E-state index contributed by atoms with van der Waals surface area (Å²) in [6, 6.07) is 6.06. The highest BCUT2D eigenvalue weighted by molar-refractivity contribution is 14.1. The first-order valence-corrected chi connectivity index (χ1v) is 6.83. The molecule has 1 aliphatic heterocycles. The summed E-state index contributed by atoms with van der Waals surface area (Å²) in [6.45, 7) is 0.884. The number of rotatable bonds is 2. The topological polar surface area (TPSA) is 39.9 Å². The van der Waals surface area contributed by atoms with Gasteiger partial charge in [0.15, 0.2) is 11.9 Å². The van der Waals surface area contributed by atoms with Crippen LogP contribution in [0.1, 0.15) is 24.8 Å². The molecule has 0 fully saturated rings. The van der Waals surface area contributed by atoms with Crippen LogP contribution in [0.25, 0.3) is 0 Å². The molecular weight excluding hydrogens is 348 g/mol.